The zero-order valence-electron chi connectivity index (χ0n) is 14.7. The minimum atomic E-state index is -0.0800. The molecule has 2 aliphatic carbocycles. The molecule has 0 spiro atoms. The molecule has 0 N–H and O–H groups in total. The summed E-state index contributed by atoms with van der Waals surface area (Å²) in [6, 6.07) is 0. The Morgan fingerprint density at radius 1 is 1.27 bits per heavy atom. The molecule has 0 bridgehead atoms. The van der Waals surface area contributed by atoms with Crippen LogP contribution >= 0.6 is 0 Å². The number of allylic oxidation sites excluding steroid dienone is 5. The van der Waals surface area contributed by atoms with Crippen LogP contribution in [-0.4, -0.2) is 7.12 Å². The Bertz CT molecular complexity index is 528. The number of rotatable bonds is 5. The molecule has 0 aromatic carbocycles. The Labute approximate surface area is 135 Å². The fraction of sp³-hybridized carbons (Fsp3) is 0.684. The monoisotopic (exact) mass is 300 g/mol. The van der Waals surface area contributed by atoms with E-state index in [0.29, 0.717) is 11.7 Å². The van der Waals surface area contributed by atoms with Gasteiger partial charge in [-0.15, -0.1) is 0 Å². The maximum Gasteiger partial charge on any atom is 0.598 e. The lowest BCUT2D eigenvalue weighted by Crippen LogP contribution is -2.35. The van der Waals surface area contributed by atoms with Crippen molar-refractivity contribution in [1.29, 1.82) is 0 Å². The first-order chi connectivity index (χ1) is 10.4. The molecule has 0 unspecified atom stereocenters. The van der Waals surface area contributed by atoms with Crippen LogP contribution in [0, 0.1) is 16.7 Å². The smallest absolute Gasteiger partial charge is 0.526 e. The van der Waals surface area contributed by atoms with E-state index < -0.39 is 0 Å². The van der Waals surface area contributed by atoms with Crippen LogP contribution in [0.5, 0.6) is 0 Å². The van der Waals surface area contributed by atoms with Crippen LogP contribution in [0.2, 0.25) is 5.82 Å². The molecule has 2 atom stereocenters. The molecule has 3 heteroatoms. The summed E-state index contributed by atoms with van der Waals surface area (Å²) in [4.78, 5) is 0. The first kappa shape index (κ1) is 15.8. The summed E-state index contributed by atoms with van der Waals surface area (Å²) in [5, 5.41) is 0. The van der Waals surface area contributed by atoms with Gasteiger partial charge in [0.15, 0.2) is 0 Å². The fourth-order valence-electron chi connectivity index (χ4n) is 3.27. The van der Waals surface area contributed by atoms with Gasteiger partial charge in [-0.05, 0) is 30.3 Å². The fourth-order valence-corrected chi connectivity index (χ4v) is 3.27. The highest BCUT2D eigenvalue weighted by atomic mass is 16.6. The van der Waals surface area contributed by atoms with Gasteiger partial charge in [0.05, 0.1) is 0 Å². The second kappa shape index (κ2) is 5.51. The molecule has 0 aromatic rings. The second-order valence-corrected chi connectivity index (χ2v) is 8.11. The van der Waals surface area contributed by atoms with Crippen LogP contribution in [0.1, 0.15) is 60.3 Å². The highest BCUT2D eigenvalue weighted by molar-refractivity contribution is 6.49. The van der Waals surface area contributed by atoms with Gasteiger partial charge in [0, 0.05) is 11.2 Å². The van der Waals surface area contributed by atoms with Crippen molar-refractivity contribution in [2.45, 2.75) is 66.1 Å². The molecule has 0 saturated heterocycles. The molecule has 3 rings (SSSR count). The van der Waals surface area contributed by atoms with Gasteiger partial charge < -0.3 is 9.31 Å². The van der Waals surface area contributed by atoms with Gasteiger partial charge >= 0.3 is 7.12 Å². The summed E-state index contributed by atoms with van der Waals surface area (Å²) < 4.78 is 12.4. The molecule has 1 saturated carbocycles. The van der Waals surface area contributed by atoms with E-state index in [-0.39, 0.29) is 17.9 Å². The van der Waals surface area contributed by atoms with E-state index in [4.69, 9.17) is 9.31 Å². The lowest BCUT2D eigenvalue weighted by Gasteiger charge is -2.41. The zero-order chi connectivity index (χ0) is 16.0. The van der Waals surface area contributed by atoms with Crippen molar-refractivity contribution in [1.82, 2.24) is 0 Å². The summed E-state index contributed by atoms with van der Waals surface area (Å²) in [6.45, 7) is 11.3. The van der Waals surface area contributed by atoms with Crippen LogP contribution in [0.15, 0.2) is 35.8 Å². The predicted octanol–water partition coefficient (Wildman–Crippen LogP) is 5.49. The first-order valence-electron chi connectivity index (χ1n) is 8.81. The van der Waals surface area contributed by atoms with Crippen molar-refractivity contribution >= 4 is 7.12 Å². The van der Waals surface area contributed by atoms with E-state index in [1.165, 1.54) is 25.7 Å². The van der Waals surface area contributed by atoms with Crippen LogP contribution in [-0.2, 0) is 9.31 Å². The molecule has 0 aromatic heterocycles. The Balaban J connectivity index is 1.60. The molecular weight excluding hydrogens is 271 g/mol. The largest absolute Gasteiger partial charge is 0.598 e. The maximum atomic E-state index is 6.27. The SMILES string of the molecule is CCCC/C=C/[C@H]1C[C@@H]1B1OC2=C(O1)C(C)(C)C(C)(C)C=C2. The molecule has 0 amide bonds. The average Bonchev–Trinajstić information content (AvgIpc) is 3.08. The van der Waals surface area contributed by atoms with Gasteiger partial charge in [-0.2, -0.15) is 0 Å². The normalized spacial score (nSPS) is 31.2. The van der Waals surface area contributed by atoms with Gasteiger partial charge in [0.2, 0.25) is 0 Å². The third-order valence-corrected chi connectivity index (χ3v) is 5.88. The van der Waals surface area contributed by atoms with Crippen molar-refractivity contribution < 1.29 is 9.31 Å². The van der Waals surface area contributed by atoms with E-state index in [1.807, 2.05) is 0 Å². The van der Waals surface area contributed by atoms with Gasteiger partial charge in [0.25, 0.3) is 0 Å². The first-order valence-corrected chi connectivity index (χ1v) is 8.81. The van der Waals surface area contributed by atoms with Crippen LogP contribution in [0.25, 0.3) is 0 Å². The summed E-state index contributed by atoms with van der Waals surface area (Å²) in [5.41, 5.74) is 0.0697. The van der Waals surface area contributed by atoms with E-state index in [9.17, 15) is 0 Å². The van der Waals surface area contributed by atoms with E-state index in [2.05, 4.69) is 58.9 Å². The summed E-state index contributed by atoms with van der Waals surface area (Å²) in [5.74, 6) is 3.17. The minimum Gasteiger partial charge on any atom is -0.526 e. The van der Waals surface area contributed by atoms with Gasteiger partial charge in [-0.3, -0.25) is 0 Å². The van der Waals surface area contributed by atoms with Gasteiger partial charge in [0.1, 0.15) is 11.5 Å². The Morgan fingerprint density at radius 3 is 2.77 bits per heavy atom. The number of unbranched alkanes of at least 4 members (excludes halogenated alkanes) is 2. The van der Waals surface area contributed by atoms with E-state index in [0.717, 1.165) is 11.5 Å². The Morgan fingerprint density at radius 2 is 2.05 bits per heavy atom. The number of hydrogen-bond acceptors (Lipinski definition) is 2. The van der Waals surface area contributed by atoms with Gasteiger partial charge in [-0.25, -0.2) is 0 Å². The summed E-state index contributed by atoms with van der Waals surface area (Å²) >= 11 is 0. The average molecular weight is 300 g/mol. The van der Waals surface area contributed by atoms with Crippen LogP contribution in [0.3, 0.4) is 0 Å². The molecular formula is C19H29BO2. The molecule has 1 heterocycles. The highest BCUT2D eigenvalue weighted by Crippen LogP contribution is 2.56. The Hall–Kier alpha value is -1.12. The minimum absolute atomic E-state index is 0.0206. The third kappa shape index (κ3) is 2.63. The summed E-state index contributed by atoms with van der Waals surface area (Å²) in [6.07, 6.45) is 14.0. The summed E-state index contributed by atoms with van der Waals surface area (Å²) in [7, 11) is -0.0800. The topological polar surface area (TPSA) is 18.5 Å². The molecule has 3 aliphatic rings. The van der Waals surface area contributed by atoms with Crippen molar-refractivity contribution in [3.63, 3.8) is 0 Å². The molecule has 120 valence electrons. The van der Waals surface area contributed by atoms with Crippen molar-refractivity contribution in [3.05, 3.63) is 35.8 Å². The second-order valence-electron chi connectivity index (χ2n) is 8.11. The van der Waals surface area contributed by atoms with Crippen molar-refractivity contribution in [2.75, 3.05) is 0 Å². The molecule has 1 aliphatic heterocycles. The van der Waals surface area contributed by atoms with E-state index in [1.54, 1.807) is 0 Å². The molecule has 0 radical (unpaired) electrons. The Kier molecular flexibility index (Phi) is 3.95. The standard InChI is InChI=1S/C19H29BO2/c1-6-7-8-9-10-14-13-15(14)20-21-16-11-12-18(2,3)19(4,5)17(16)22-20/h9-12,14-15H,6-8,13H2,1-5H3/b10-9+/t14-,15-/m0/s1. The maximum absolute atomic E-state index is 6.27. The third-order valence-electron chi connectivity index (χ3n) is 5.88. The molecule has 1 fully saturated rings. The van der Waals surface area contributed by atoms with E-state index >= 15 is 0 Å². The van der Waals surface area contributed by atoms with Crippen LogP contribution < -0.4 is 0 Å². The zero-order valence-corrected chi connectivity index (χ0v) is 14.7. The van der Waals surface area contributed by atoms with Crippen molar-refractivity contribution in [3.8, 4) is 0 Å². The van der Waals surface area contributed by atoms with Crippen molar-refractivity contribution in [2.24, 2.45) is 16.7 Å². The highest BCUT2D eigenvalue weighted by Gasteiger charge is 2.57. The van der Waals surface area contributed by atoms with Crippen LogP contribution in [0.4, 0.5) is 0 Å². The predicted molar refractivity (Wildman–Crippen MR) is 92.2 cm³/mol. The molecule has 22 heavy (non-hydrogen) atoms. The lowest BCUT2D eigenvalue weighted by molar-refractivity contribution is 0.147. The molecule has 2 nitrogen and oxygen atoms in total. The van der Waals surface area contributed by atoms with Gasteiger partial charge in [-0.1, -0.05) is 65.7 Å². The quantitative estimate of drug-likeness (QED) is 0.379. The number of hydrogen-bond donors (Lipinski definition) is 0. The lowest BCUT2D eigenvalue weighted by atomic mass is 9.64.